The van der Waals surface area contributed by atoms with Crippen molar-refractivity contribution in [2.75, 3.05) is 7.11 Å². The summed E-state index contributed by atoms with van der Waals surface area (Å²) in [5, 5.41) is 21.3. The number of methoxy groups -OCH3 is 1. The van der Waals surface area contributed by atoms with Crippen molar-refractivity contribution in [2.24, 2.45) is 46.3 Å². The highest BCUT2D eigenvalue weighted by atomic mass is 16.5. The summed E-state index contributed by atoms with van der Waals surface area (Å²) in [6, 6.07) is 0. The number of hydrogen-bond acceptors (Lipinski definition) is 4. The maximum Gasteiger partial charge on any atom is 0.305 e. The van der Waals surface area contributed by atoms with Crippen LogP contribution in [0.25, 0.3) is 0 Å². The van der Waals surface area contributed by atoms with Crippen LogP contribution in [0.1, 0.15) is 85.0 Å². The zero-order valence-electron chi connectivity index (χ0n) is 18.9. The Balaban J connectivity index is 1.52. The molecule has 4 aliphatic carbocycles. The molecule has 0 aliphatic heterocycles. The molecule has 0 amide bonds. The van der Waals surface area contributed by atoms with Crippen LogP contribution in [0, 0.1) is 46.3 Å². The van der Waals surface area contributed by atoms with Gasteiger partial charge in [-0.05, 0) is 104 Å². The largest absolute Gasteiger partial charge is 0.469 e. The van der Waals surface area contributed by atoms with E-state index >= 15 is 0 Å². The smallest absolute Gasteiger partial charge is 0.305 e. The molecule has 29 heavy (non-hydrogen) atoms. The van der Waals surface area contributed by atoms with Crippen LogP contribution in [0.3, 0.4) is 0 Å². The van der Waals surface area contributed by atoms with Gasteiger partial charge >= 0.3 is 5.97 Å². The zero-order chi connectivity index (χ0) is 21.0. The molecule has 0 aromatic rings. The number of aliphatic hydroxyl groups excluding tert-OH is 2. The van der Waals surface area contributed by atoms with Crippen LogP contribution in [-0.2, 0) is 9.53 Å². The number of ether oxygens (including phenoxy) is 1. The molecular weight excluding hydrogens is 364 g/mol. The van der Waals surface area contributed by atoms with E-state index in [1.54, 1.807) is 0 Å². The SMILES string of the molecule is COC(=O)CC[C@H](C)[C@H]1CC[C@H]2[C@@H]3C[C@H](O)[C@@H]4C[C@H](O)CC[C@]4(C)[C@H]3CC[C@]12C. The van der Waals surface area contributed by atoms with E-state index in [9.17, 15) is 15.0 Å². The van der Waals surface area contributed by atoms with Gasteiger partial charge in [0.1, 0.15) is 0 Å². The van der Waals surface area contributed by atoms with Crippen molar-refractivity contribution in [1.29, 1.82) is 0 Å². The molecule has 0 radical (unpaired) electrons. The molecule has 166 valence electrons. The highest BCUT2D eigenvalue weighted by molar-refractivity contribution is 5.69. The normalized spacial score (nSPS) is 50.2. The molecule has 4 heteroatoms. The van der Waals surface area contributed by atoms with Crippen molar-refractivity contribution in [3.63, 3.8) is 0 Å². The first-order valence-electron chi connectivity index (χ1n) is 12.1. The van der Waals surface area contributed by atoms with Gasteiger partial charge < -0.3 is 14.9 Å². The Kier molecular flexibility index (Phi) is 5.83. The van der Waals surface area contributed by atoms with Gasteiger partial charge in [-0.1, -0.05) is 20.8 Å². The van der Waals surface area contributed by atoms with Crippen molar-refractivity contribution in [2.45, 2.75) is 97.2 Å². The molecule has 2 N–H and O–H groups in total. The molecule has 4 aliphatic rings. The first-order valence-corrected chi connectivity index (χ1v) is 12.1. The van der Waals surface area contributed by atoms with Gasteiger partial charge in [0.15, 0.2) is 0 Å². The Morgan fingerprint density at radius 1 is 1.00 bits per heavy atom. The molecule has 0 bridgehead atoms. The van der Waals surface area contributed by atoms with Crippen LogP contribution in [-0.4, -0.2) is 35.5 Å². The molecule has 0 heterocycles. The average Bonchev–Trinajstić information content (AvgIpc) is 3.05. The summed E-state index contributed by atoms with van der Waals surface area (Å²) in [5.74, 6) is 3.42. The summed E-state index contributed by atoms with van der Waals surface area (Å²) in [5.41, 5.74) is 0.533. The van der Waals surface area contributed by atoms with Gasteiger partial charge in [-0.15, -0.1) is 0 Å². The third-order valence-corrected chi connectivity index (χ3v) is 10.4. The van der Waals surface area contributed by atoms with Crippen molar-refractivity contribution in [1.82, 2.24) is 0 Å². The Labute approximate surface area is 176 Å². The van der Waals surface area contributed by atoms with Gasteiger partial charge in [0.2, 0.25) is 0 Å². The van der Waals surface area contributed by atoms with Crippen LogP contribution in [0.15, 0.2) is 0 Å². The molecule has 0 unspecified atom stereocenters. The molecular formula is C25H42O4. The van der Waals surface area contributed by atoms with Crippen molar-refractivity contribution >= 4 is 5.97 Å². The molecule has 0 spiro atoms. The predicted octanol–water partition coefficient (Wildman–Crippen LogP) is 4.57. The highest BCUT2D eigenvalue weighted by Gasteiger charge is 2.62. The van der Waals surface area contributed by atoms with E-state index in [-0.39, 0.29) is 29.5 Å². The Hall–Kier alpha value is -0.610. The van der Waals surface area contributed by atoms with Crippen molar-refractivity contribution in [3.8, 4) is 0 Å². The van der Waals surface area contributed by atoms with E-state index in [4.69, 9.17) is 4.74 Å². The number of carbonyl (C=O) groups is 1. The van der Waals surface area contributed by atoms with Crippen LogP contribution in [0.2, 0.25) is 0 Å². The fourth-order valence-electron chi connectivity index (χ4n) is 8.90. The molecule has 0 saturated heterocycles. The second-order valence-corrected chi connectivity index (χ2v) is 11.5. The lowest BCUT2D eigenvalue weighted by molar-refractivity contribution is -0.172. The second-order valence-electron chi connectivity index (χ2n) is 11.5. The number of carbonyl (C=O) groups excluding carboxylic acids is 1. The number of aliphatic hydroxyl groups is 2. The Bertz CT molecular complexity index is 620. The number of rotatable bonds is 4. The van der Waals surface area contributed by atoms with Gasteiger partial charge in [0.05, 0.1) is 19.3 Å². The summed E-state index contributed by atoms with van der Waals surface area (Å²) in [4.78, 5) is 11.6. The monoisotopic (exact) mass is 406 g/mol. The third-order valence-electron chi connectivity index (χ3n) is 10.4. The Morgan fingerprint density at radius 2 is 1.69 bits per heavy atom. The third kappa shape index (κ3) is 3.46. The van der Waals surface area contributed by atoms with Gasteiger partial charge in [-0.3, -0.25) is 4.79 Å². The highest BCUT2D eigenvalue weighted by Crippen LogP contribution is 2.68. The van der Waals surface area contributed by atoms with Crippen molar-refractivity contribution < 1.29 is 19.7 Å². The van der Waals surface area contributed by atoms with Crippen LogP contribution in [0.4, 0.5) is 0 Å². The minimum absolute atomic E-state index is 0.0888. The summed E-state index contributed by atoms with van der Waals surface area (Å²) >= 11 is 0. The van der Waals surface area contributed by atoms with Gasteiger partial charge in [0, 0.05) is 6.42 Å². The number of esters is 1. The molecule has 10 atom stereocenters. The van der Waals surface area contributed by atoms with Crippen molar-refractivity contribution in [3.05, 3.63) is 0 Å². The van der Waals surface area contributed by atoms with E-state index < -0.39 is 0 Å². The van der Waals surface area contributed by atoms with E-state index in [1.165, 1.54) is 32.8 Å². The first kappa shape index (κ1) is 21.6. The lowest BCUT2D eigenvalue weighted by Crippen LogP contribution is -2.58. The minimum atomic E-state index is -0.255. The maximum absolute atomic E-state index is 11.6. The number of fused-ring (bicyclic) bond motifs is 5. The van der Waals surface area contributed by atoms with E-state index in [0.29, 0.717) is 41.4 Å². The molecule has 0 aromatic carbocycles. The molecule has 4 saturated carbocycles. The first-order chi connectivity index (χ1) is 13.7. The Morgan fingerprint density at radius 3 is 2.41 bits per heavy atom. The fourth-order valence-corrected chi connectivity index (χ4v) is 8.90. The average molecular weight is 407 g/mol. The van der Waals surface area contributed by atoms with Crippen LogP contribution >= 0.6 is 0 Å². The molecule has 0 aromatic heterocycles. The number of hydrogen-bond donors (Lipinski definition) is 2. The van der Waals surface area contributed by atoms with Crippen LogP contribution < -0.4 is 0 Å². The van der Waals surface area contributed by atoms with E-state index in [1.807, 2.05) is 0 Å². The summed E-state index contributed by atoms with van der Waals surface area (Å²) in [7, 11) is 1.48. The van der Waals surface area contributed by atoms with Gasteiger partial charge in [-0.25, -0.2) is 0 Å². The zero-order valence-corrected chi connectivity index (χ0v) is 18.9. The fraction of sp³-hybridized carbons (Fsp3) is 0.960. The molecule has 4 nitrogen and oxygen atoms in total. The topological polar surface area (TPSA) is 66.8 Å². The maximum atomic E-state index is 11.6. The lowest BCUT2D eigenvalue weighted by Gasteiger charge is -2.62. The minimum Gasteiger partial charge on any atom is -0.469 e. The van der Waals surface area contributed by atoms with E-state index in [2.05, 4.69) is 20.8 Å². The molecule has 4 rings (SSSR count). The second kappa shape index (κ2) is 7.82. The quantitative estimate of drug-likeness (QED) is 0.671. The standard InChI is InChI=1S/C25H42O4/c1-15(5-8-23(28)29-4)18-6-7-19-17-14-22(27)21-13-16(26)9-11-25(21,3)20(17)10-12-24(18,19)2/h15-22,26-27H,5-14H2,1-4H3/t15-,16+,17-,18+,19-,20-,21-,22-,24+,25+/m0/s1. The van der Waals surface area contributed by atoms with E-state index in [0.717, 1.165) is 32.1 Å². The lowest BCUT2D eigenvalue weighted by atomic mass is 9.44. The van der Waals surface area contributed by atoms with Gasteiger partial charge in [0.25, 0.3) is 0 Å². The summed E-state index contributed by atoms with van der Waals surface area (Å²) < 4.78 is 4.86. The predicted molar refractivity (Wildman–Crippen MR) is 113 cm³/mol. The van der Waals surface area contributed by atoms with Crippen LogP contribution in [0.5, 0.6) is 0 Å². The van der Waals surface area contributed by atoms with Gasteiger partial charge in [-0.2, -0.15) is 0 Å². The summed E-state index contributed by atoms with van der Waals surface area (Å²) in [6.07, 6.45) is 9.77. The molecule has 4 fully saturated rings. The summed E-state index contributed by atoms with van der Waals surface area (Å²) in [6.45, 7) is 7.28.